The summed E-state index contributed by atoms with van der Waals surface area (Å²) in [5, 5.41) is 2.04. The Kier molecular flexibility index (Phi) is 8.61. The lowest BCUT2D eigenvalue weighted by atomic mass is 10.1. The lowest BCUT2D eigenvalue weighted by Crippen LogP contribution is -2.55. The highest BCUT2D eigenvalue weighted by atomic mass is 19.4. The standard InChI is InChI=1S/C29H31F5N4O5/c1-6-36-15-20(26(40)35-17-7-9-18(10-8-17)42-29(32,33)34)25(39)19-13-21(30)24(22(31)23(19)36)37-11-12-38(16(2)14-37)27(41)43-28(3,4)5/h7-10,13,15-16H,6,11-12,14H2,1-5H3,(H,35,40). The summed E-state index contributed by atoms with van der Waals surface area (Å²) in [5.41, 5.74) is -2.55. The monoisotopic (exact) mass is 610 g/mol. The van der Waals surface area contributed by atoms with Gasteiger partial charge in [0.05, 0.1) is 10.9 Å². The number of anilines is 2. The van der Waals surface area contributed by atoms with Crippen molar-refractivity contribution >= 4 is 34.3 Å². The maximum absolute atomic E-state index is 16.0. The van der Waals surface area contributed by atoms with Crippen molar-refractivity contribution in [3.05, 3.63) is 63.9 Å². The van der Waals surface area contributed by atoms with Crippen LogP contribution < -0.4 is 20.4 Å². The van der Waals surface area contributed by atoms with Crippen LogP contribution in [-0.2, 0) is 11.3 Å². The van der Waals surface area contributed by atoms with Gasteiger partial charge in [-0.25, -0.2) is 13.6 Å². The largest absolute Gasteiger partial charge is 0.573 e. The SMILES string of the molecule is CCn1cc(C(=O)Nc2ccc(OC(F)(F)F)cc2)c(=O)c2cc(F)c(N3CCN(C(=O)OC(C)(C)C)C(C)C3)c(F)c21. The molecule has 9 nitrogen and oxygen atoms in total. The van der Waals surface area contributed by atoms with E-state index in [0.29, 0.717) is 0 Å². The van der Waals surface area contributed by atoms with Crippen molar-refractivity contribution in [2.45, 2.75) is 59.2 Å². The van der Waals surface area contributed by atoms with Crippen molar-refractivity contribution in [3.8, 4) is 5.75 Å². The number of ether oxygens (including phenoxy) is 2. The van der Waals surface area contributed by atoms with Gasteiger partial charge in [0.2, 0.25) is 5.43 Å². The number of aryl methyl sites for hydroxylation is 1. The van der Waals surface area contributed by atoms with Gasteiger partial charge in [-0.3, -0.25) is 9.59 Å². The third kappa shape index (κ3) is 7.00. The molecule has 0 spiro atoms. The molecule has 1 saturated heterocycles. The van der Waals surface area contributed by atoms with Crippen LogP contribution >= 0.6 is 0 Å². The minimum absolute atomic E-state index is 0.0643. The van der Waals surface area contributed by atoms with Crippen LogP contribution in [0.15, 0.2) is 41.3 Å². The first-order valence-corrected chi connectivity index (χ1v) is 13.5. The summed E-state index contributed by atoms with van der Waals surface area (Å²) < 4.78 is 79.3. The maximum Gasteiger partial charge on any atom is 0.573 e. The van der Waals surface area contributed by atoms with Crippen molar-refractivity contribution in [1.82, 2.24) is 9.47 Å². The molecule has 43 heavy (non-hydrogen) atoms. The fourth-order valence-corrected chi connectivity index (χ4v) is 4.87. The molecule has 14 heteroatoms. The fraction of sp³-hybridized carbons (Fsp3) is 0.414. The Labute approximate surface area is 243 Å². The molecule has 1 aliphatic heterocycles. The molecular formula is C29H31F5N4O5. The van der Waals surface area contributed by atoms with Gasteiger partial charge < -0.3 is 29.2 Å². The normalized spacial score (nSPS) is 15.9. The number of aromatic nitrogens is 1. The second-order valence-corrected chi connectivity index (χ2v) is 11.1. The zero-order valence-electron chi connectivity index (χ0n) is 24.1. The molecule has 0 aliphatic carbocycles. The smallest absolute Gasteiger partial charge is 0.444 e. The van der Waals surface area contributed by atoms with Gasteiger partial charge in [-0.1, -0.05) is 0 Å². The number of piperazine rings is 1. The van der Waals surface area contributed by atoms with E-state index >= 15 is 8.78 Å². The van der Waals surface area contributed by atoms with Crippen LogP contribution in [0, 0.1) is 11.6 Å². The van der Waals surface area contributed by atoms with Crippen molar-refractivity contribution < 1.29 is 41.0 Å². The number of hydrogen-bond donors (Lipinski definition) is 1. The number of carbonyl (C=O) groups excluding carboxylic acids is 2. The molecule has 1 fully saturated rings. The van der Waals surface area contributed by atoms with E-state index < -0.39 is 58.4 Å². The highest BCUT2D eigenvalue weighted by molar-refractivity contribution is 6.06. The molecule has 0 radical (unpaired) electrons. The van der Waals surface area contributed by atoms with E-state index in [4.69, 9.17) is 4.74 Å². The number of pyridine rings is 1. The van der Waals surface area contributed by atoms with Gasteiger partial charge in [0.15, 0.2) is 5.82 Å². The molecular weight excluding hydrogens is 579 g/mol. The van der Waals surface area contributed by atoms with Crippen molar-refractivity contribution in [2.24, 2.45) is 0 Å². The molecule has 1 aromatic heterocycles. The zero-order chi connectivity index (χ0) is 31.9. The number of rotatable bonds is 5. The Hall–Kier alpha value is -4.36. The average Bonchev–Trinajstić information content (AvgIpc) is 2.88. The predicted molar refractivity (Wildman–Crippen MR) is 149 cm³/mol. The van der Waals surface area contributed by atoms with Gasteiger partial charge in [0.1, 0.15) is 28.4 Å². The first-order valence-electron chi connectivity index (χ1n) is 13.5. The minimum Gasteiger partial charge on any atom is -0.444 e. The van der Waals surface area contributed by atoms with Crippen LogP contribution in [0.4, 0.5) is 38.1 Å². The van der Waals surface area contributed by atoms with Gasteiger partial charge in [-0.15, -0.1) is 13.2 Å². The van der Waals surface area contributed by atoms with Gasteiger partial charge in [-0.05, 0) is 65.0 Å². The summed E-state index contributed by atoms with van der Waals surface area (Å²) in [5.74, 6) is -3.43. The molecule has 1 unspecified atom stereocenters. The molecule has 2 amide bonds. The van der Waals surface area contributed by atoms with Crippen LogP contribution in [0.1, 0.15) is 45.0 Å². The average molecular weight is 611 g/mol. The Morgan fingerprint density at radius 3 is 2.28 bits per heavy atom. The predicted octanol–water partition coefficient (Wildman–Crippen LogP) is 5.90. The topological polar surface area (TPSA) is 93.1 Å². The molecule has 0 saturated carbocycles. The number of hydrogen-bond acceptors (Lipinski definition) is 6. The van der Waals surface area contributed by atoms with Crippen LogP contribution in [0.5, 0.6) is 5.75 Å². The van der Waals surface area contributed by atoms with E-state index in [1.54, 1.807) is 34.6 Å². The van der Waals surface area contributed by atoms with E-state index in [1.165, 1.54) is 14.4 Å². The first kappa shape index (κ1) is 31.6. The van der Waals surface area contributed by atoms with Crippen LogP contribution in [0.3, 0.4) is 0 Å². The van der Waals surface area contributed by atoms with Crippen molar-refractivity contribution in [1.29, 1.82) is 0 Å². The van der Waals surface area contributed by atoms with E-state index in [1.807, 2.05) is 0 Å². The summed E-state index contributed by atoms with van der Waals surface area (Å²) in [6.07, 6.45) is -4.28. The number of alkyl halides is 3. The summed E-state index contributed by atoms with van der Waals surface area (Å²) in [4.78, 5) is 41.8. The quantitative estimate of drug-likeness (QED) is 0.362. The van der Waals surface area contributed by atoms with Gasteiger partial charge in [0, 0.05) is 44.1 Å². The minimum atomic E-state index is -4.89. The molecule has 232 valence electrons. The van der Waals surface area contributed by atoms with E-state index in [0.717, 1.165) is 36.5 Å². The molecule has 1 atom stereocenters. The molecule has 2 heterocycles. The third-order valence-corrected chi connectivity index (χ3v) is 6.73. The highest BCUT2D eigenvalue weighted by Crippen LogP contribution is 2.32. The molecule has 1 aliphatic rings. The maximum atomic E-state index is 16.0. The van der Waals surface area contributed by atoms with E-state index in [-0.39, 0.29) is 48.5 Å². The Balaban J connectivity index is 1.63. The van der Waals surface area contributed by atoms with Crippen LogP contribution in [0.25, 0.3) is 10.9 Å². The van der Waals surface area contributed by atoms with Crippen LogP contribution in [-0.4, -0.2) is 59.1 Å². The summed E-state index contributed by atoms with van der Waals surface area (Å²) in [6, 6.07) is 4.70. The van der Waals surface area contributed by atoms with Gasteiger partial charge in [-0.2, -0.15) is 0 Å². The van der Waals surface area contributed by atoms with Gasteiger partial charge >= 0.3 is 12.5 Å². The third-order valence-electron chi connectivity index (χ3n) is 6.73. The molecule has 4 rings (SSSR count). The number of amides is 2. The fourth-order valence-electron chi connectivity index (χ4n) is 4.87. The number of fused-ring (bicyclic) bond motifs is 1. The number of nitrogens with zero attached hydrogens (tertiary/aromatic N) is 3. The highest BCUT2D eigenvalue weighted by Gasteiger charge is 2.34. The summed E-state index contributed by atoms with van der Waals surface area (Å²) >= 11 is 0. The Bertz CT molecular complexity index is 1600. The van der Waals surface area contributed by atoms with Gasteiger partial charge in [0.25, 0.3) is 5.91 Å². The van der Waals surface area contributed by atoms with E-state index in [9.17, 15) is 27.6 Å². The number of nitrogens with one attached hydrogen (secondary N) is 1. The number of carbonyl (C=O) groups is 2. The Morgan fingerprint density at radius 2 is 1.72 bits per heavy atom. The van der Waals surface area contributed by atoms with Crippen LogP contribution in [0.2, 0.25) is 0 Å². The molecule has 3 aromatic rings. The molecule has 0 bridgehead atoms. The molecule has 2 aromatic carbocycles. The number of benzene rings is 2. The zero-order valence-corrected chi connectivity index (χ0v) is 24.1. The second kappa shape index (κ2) is 11.7. The van der Waals surface area contributed by atoms with Crippen molar-refractivity contribution in [2.75, 3.05) is 29.9 Å². The molecule has 1 N–H and O–H groups in total. The summed E-state index contributed by atoms with van der Waals surface area (Å²) in [6.45, 7) is 9.06. The second-order valence-electron chi connectivity index (χ2n) is 11.1. The lowest BCUT2D eigenvalue weighted by Gasteiger charge is -2.41. The Morgan fingerprint density at radius 1 is 1.07 bits per heavy atom. The lowest BCUT2D eigenvalue weighted by molar-refractivity contribution is -0.274. The van der Waals surface area contributed by atoms with Crippen molar-refractivity contribution in [3.63, 3.8) is 0 Å². The number of halogens is 5. The first-order chi connectivity index (χ1) is 20.0. The van der Waals surface area contributed by atoms with E-state index in [2.05, 4.69) is 10.1 Å². The summed E-state index contributed by atoms with van der Waals surface area (Å²) in [7, 11) is 0.